The van der Waals surface area contributed by atoms with Gasteiger partial charge >= 0.3 is 0 Å². The van der Waals surface area contributed by atoms with Crippen LogP contribution in [0.3, 0.4) is 0 Å². The number of morpholine rings is 2. The van der Waals surface area contributed by atoms with E-state index < -0.39 is 6.10 Å². The molecule has 1 aromatic heterocycles. The standard InChI is InChI=1S/C30H40N4O5/c35-27(24-38-23-25-7-3-1-4-8-25)21-33(12-11-32-13-17-36-18-14-32)22-28-29(26-9-5-2-6-10-26)31-39-30(28)34-15-19-37-20-16-34/h1-10,27,35H,11-24H2. The molecule has 2 aliphatic heterocycles. The molecule has 0 radical (unpaired) electrons. The molecule has 210 valence electrons. The highest BCUT2D eigenvalue weighted by molar-refractivity contribution is 5.68. The van der Waals surface area contributed by atoms with Gasteiger partial charge in [0.15, 0.2) is 0 Å². The van der Waals surface area contributed by atoms with Crippen molar-refractivity contribution >= 4 is 5.88 Å². The number of aliphatic hydroxyl groups excluding tert-OH is 1. The van der Waals surface area contributed by atoms with Crippen molar-refractivity contribution in [1.29, 1.82) is 0 Å². The van der Waals surface area contributed by atoms with Gasteiger partial charge in [0.25, 0.3) is 0 Å². The molecule has 0 saturated carbocycles. The normalized spacial score (nSPS) is 17.5. The van der Waals surface area contributed by atoms with Crippen LogP contribution in [-0.2, 0) is 27.4 Å². The summed E-state index contributed by atoms with van der Waals surface area (Å²) in [6.45, 7) is 9.81. The smallest absolute Gasteiger partial charge is 0.232 e. The first kappa shape index (κ1) is 27.8. The number of hydrogen-bond donors (Lipinski definition) is 1. The summed E-state index contributed by atoms with van der Waals surface area (Å²) in [5, 5.41) is 15.5. The minimum absolute atomic E-state index is 0.272. The Morgan fingerprint density at radius 2 is 1.56 bits per heavy atom. The van der Waals surface area contributed by atoms with E-state index in [1.54, 1.807) is 0 Å². The number of anilines is 1. The first-order chi connectivity index (χ1) is 19.3. The van der Waals surface area contributed by atoms with Gasteiger partial charge in [0.1, 0.15) is 5.69 Å². The summed E-state index contributed by atoms with van der Waals surface area (Å²) in [6.07, 6.45) is -0.620. The molecule has 1 atom stereocenters. The summed E-state index contributed by atoms with van der Waals surface area (Å²) in [5.74, 6) is 0.795. The molecule has 0 bridgehead atoms. The van der Waals surface area contributed by atoms with Crippen molar-refractivity contribution in [3.8, 4) is 11.3 Å². The zero-order chi connectivity index (χ0) is 26.7. The van der Waals surface area contributed by atoms with Crippen LogP contribution in [-0.4, -0.2) is 105 Å². The van der Waals surface area contributed by atoms with Crippen LogP contribution < -0.4 is 4.90 Å². The summed E-state index contributed by atoms with van der Waals surface area (Å²) in [7, 11) is 0. The van der Waals surface area contributed by atoms with E-state index in [4.69, 9.17) is 18.7 Å². The molecule has 2 aromatic carbocycles. The quantitative estimate of drug-likeness (QED) is 0.355. The Bertz CT molecular complexity index is 1100. The van der Waals surface area contributed by atoms with Crippen molar-refractivity contribution in [3.63, 3.8) is 0 Å². The summed E-state index contributed by atoms with van der Waals surface area (Å²) in [4.78, 5) is 6.94. The largest absolute Gasteiger partial charge is 0.389 e. The molecule has 1 N–H and O–H groups in total. The van der Waals surface area contributed by atoms with Gasteiger partial charge < -0.3 is 28.7 Å². The zero-order valence-corrected chi connectivity index (χ0v) is 22.6. The highest BCUT2D eigenvalue weighted by atomic mass is 16.5. The Balaban J connectivity index is 1.31. The average Bonchev–Trinajstić information content (AvgIpc) is 3.41. The molecular formula is C30H40N4O5. The van der Waals surface area contributed by atoms with Gasteiger partial charge in [-0.1, -0.05) is 65.8 Å². The fraction of sp³-hybridized carbons (Fsp3) is 0.500. The lowest BCUT2D eigenvalue weighted by molar-refractivity contribution is 0.00212. The highest BCUT2D eigenvalue weighted by Crippen LogP contribution is 2.33. The summed E-state index contributed by atoms with van der Waals surface area (Å²) in [6, 6.07) is 20.2. The van der Waals surface area contributed by atoms with Gasteiger partial charge in [-0.3, -0.25) is 9.80 Å². The van der Waals surface area contributed by atoms with Crippen LogP contribution in [0.25, 0.3) is 11.3 Å². The molecule has 0 amide bonds. The van der Waals surface area contributed by atoms with E-state index in [2.05, 4.69) is 32.0 Å². The molecule has 2 aliphatic rings. The molecule has 0 aliphatic carbocycles. The predicted molar refractivity (Wildman–Crippen MR) is 150 cm³/mol. The lowest BCUT2D eigenvalue weighted by Crippen LogP contribution is -2.43. The summed E-state index contributed by atoms with van der Waals surface area (Å²) < 4.78 is 23.0. The number of ether oxygens (including phenoxy) is 3. The fourth-order valence-electron chi connectivity index (χ4n) is 5.08. The Hall–Kier alpha value is -2.79. The number of nitrogens with zero attached hydrogens (tertiary/aromatic N) is 4. The second-order valence-corrected chi connectivity index (χ2v) is 10.1. The molecule has 9 nitrogen and oxygen atoms in total. The van der Waals surface area contributed by atoms with E-state index in [9.17, 15) is 5.11 Å². The first-order valence-corrected chi connectivity index (χ1v) is 13.9. The average molecular weight is 537 g/mol. The van der Waals surface area contributed by atoms with Crippen LogP contribution in [0.2, 0.25) is 0 Å². The third-order valence-corrected chi connectivity index (χ3v) is 7.22. The van der Waals surface area contributed by atoms with Gasteiger partial charge in [-0.05, 0) is 5.56 Å². The topological polar surface area (TPSA) is 83.7 Å². The van der Waals surface area contributed by atoms with Gasteiger partial charge in [0, 0.05) is 57.9 Å². The molecule has 1 unspecified atom stereocenters. The van der Waals surface area contributed by atoms with E-state index in [-0.39, 0.29) is 6.61 Å². The van der Waals surface area contributed by atoms with Crippen LogP contribution in [0.1, 0.15) is 11.1 Å². The number of aliphatic hydroxyl groups is 1. The maximum atomic E-state index is 11.0. The van der Waals surface area contributed by atoms with Gasteiger partial charge in [-0.25, -0.2) is 0 Å². The van der Waals surface area contributed by atoms with E-state index in [1.807, 2.05) is 48.5 Å². The van der Waals surface area contributed by atoms with Crippen molar-refractivity contribution < 1.29 is 23.8 Å². The van der Waals surface area contributed by atoms with E-state index in [1.165, 1.54) is 0 Å². The lowest BCUT2D eigenvalue weighted by Gasteiger charge is -2.32. The molecule has 2 saturated heterocycles. The maximum absolute atomic E-state index is 11.0. The van der Waals surface area contributed by atoms with Crippen molar-refractivity contribution in [2.75, 3.05) is 83.7 Å². The lowest BCUT2D eigenvalue weighted by atomic mass is 10.1. The number of benzene rings is 2. The van der Waals surface area contributed by atoms with E-state index >= 15 is 0 Å². The SMILES string of the molecule is OC(COCc1ccccc1)CN(CCN1CCOCC1)Cc1c(-c2ccccc2)noc1N1CCOCC1. The molecule has 39 heavy (non-hydrogen) atoms. The van der Waals surface area contributed by atoms with Crippen LogP contribution in [0.5, 0.6) is 0 Å². The predicted octanol–water partition coefficient (Wildman–Crippen LogP) is 2.89. The second kappa shape index (κ2) is 14.6. The van der Waals surface area contributed by atoms with Crippen LogP contribution in [0, 0.1) is 0 Å². The highest BCUT2D eigenvalue weighted by Gasteiger charge is 2.27. The molecule has 2 fully saturated rings. The maximum Gasteiger partial charge on any atom is 0.232 e. The third-order valence-electron chi connectivity index (χ3n) is 7.22. The van der Waals surface area contributed by atoms with Crippen molar-refractivity contribution in [1.82, 2.24) is 15.0 Å². The Morgan fingerprint density at radius 3 is 2.28 bits per heavy atom. The van der Waals surface area contributed by atoms with E-state index in [0.29, 0.717) is 32.9 Å². The summed E-state index contributed by atoms with van der Waals surface area (Å²) in [5.41, 5.74) is 4.02. The third kappa shape index (κ3) is 8.11. The van der Waals surface area contributed by atoms with Crippen molar-refractivity contribution in [2.45, 2.75) is 19.3 Å². The number of hydrogen-bond acceptors (Lipinski definition) is 9. The Morgan fingerprint density at radius 1 is 0.897 bits per heavy atom. The number of rotatable bonds is 13. The van der Waals surface area contributed by atoms with Gasteiger partial charge in [0.05, 0.1) is 51.3 Å². The molecule has 3 heterocycles. The van der Waals surface area contributed by atoms with Gasteiger partial charge in [0.2, 0.25) is 5.88 Å². The molecule has 9 heteroatoms. The molecule has 5 rings (SSSR count). The molecule has 3 aromatic rings. The molecular weight excluding hydrogens is 496 g/mol. The summed E-state index contributed by atoms with van der Waals surface area (Å²) >= 11 is 0. The van der Waals surface area contributed by atoms with Gasteiger partial charge in [-0.15, -0.1) is 0 Å². The van der Waals surface area contributed by atoms with Crippen LogP contribution in [0.15, 0.2) is 65.2 Å². The van der Waals surface area contributed by atoms with Gasteiger partial charge in [-0.2, -0.15) is 0 Å². The monoisotopic (exact) mass is 536 g/mol. The van der Waals surface area contributed by atoms with Crippen LogP contribution >= 0.6 is 0 Å². The van der Waals surface area contributed by atoms with Crippen molar-refractivity contribution in [2.24, 2.45) is 0 Å². The molecule has 0 spiro atoms. The first-order valence-electron chi connectivity index (χ1n) is 13.9. The van der Waals surface area contributed by atoms with E-state index in [0.717, 1.165) is 80.8 Å². The zero-order valence-electron chi connectivity index (χ0n) is 22.6. The second-order valence-electron chi connectivity index (χ2n) is 10.1. The Labute approximate surface area is 230 Å². The number of aromatic nitrogens is 1. The van der Waals surface area contributed by atoms with Crippen molar-refractivity contribution in [3.05, 3.63) is 71.8 Å². The fourth-order valence-corrected chi connectivity index (χ4v) is 5.08. The minimum Gasteiger partial charge on any atom is -0.389 e. The van der Waals surface area contributed by atoms with Crippen LogP contribution in [0.4, 0.5) is 5.88 Å². The Kier molecular flexibility index (Phi) is 10.4. The minimum atomic E-state index is -0.620.